The first-order valence-electron chi connectivity index (χ1n) is 4.95. The van der Waals surface area contributed by atoms with Gasteiger partial charge in [0.05, 0.1) is 11.7 Å². The summed E-state index contributed by atoms with van der Waals surface area (Å²) in [5.74, 6) is 0. The third-order valence-corrected chi connectivity index (χ3v) is 2.63. The summed E-state index contributed by atoms with van der Waals surface area (Å²) in [5, 5.41) is 12.3. The smallest absolute Gasteiger partial charge is 0.281 e. The molecular formula is C9H14N6O. The highest BCUT2D eigenvalue weighted by Gasteiger charge is 2.23. The van der Waals surface area contributed by atoms with Crippen molar-refractivity contribution < 1.29 is 0 Å². The summed E-state index contributed by atoms with van der Waals surface area (Å²) in [4.78, 5) is 12.1. The predicted molar refractivity (Wildman–Crippen MR) is 58.9 cm³/mol. The number of hydrogen-bond acceptors (Lipinski definition) is 5. The van der Waals surface area contributed by atoms with E-state index in [1.165, 1.54) is 15.6 Å². The minimum Gasteiger partial charge on any atom is -0.328 e. The second kappa shape index (κ2) is 3.38. The Balaban J connectivity index is 2.76. The van der Waals surface area contributed by atoms with Gasteiger partial charge in [0.2, 0.25) is 0 Å². The zero-order chi connectivity index (χ0) is 11.9. The Kier molecular flexibility index (Phi) is 2.27. The molecule has 0 radical (unpaired) electrons. The van der Waals surface area contributed by atoms with E-state index in [1.807, 2.05) is 13.8 Å². The molecule has 2 aromatic heterocycles. The molecule has 0 aliphatic heterocycles. The van der Waals surface area contributed by atoms with Crippen LogP contribution in [0.15, 0.2) is 11.0 Å². The van der Waals surface area contributed by atoms with Gasteiger partial charge in [0, 0.05) is 13.6 Å². The van der Waals surface area contributed by atoms with Crippen LogP contribution in [0, 0.1) is 0 Å². The van der Waals surface area contributed by atoms with Crippen LogP contribution in [0.25, 0.3) is 11.0 Å². The Morgan fingerprint density at radius 2 is 2.19 bits per heavy atom. The van der Waals surface area contributed by atoms with Crippen molar-refractivity contribution >= 4 is 11.0 Å². The summed E-state index contributed by atoms with van der Waals surface area (Å²) in [6.45, 7) is 3.99. The van der Waals surface area contributed by atoms with Gasteiger partial charge in [-0.25, -0.2) is 9.36 Å². The van der Waals surface area contributed by atoms with Crippen LogP contribution >= 0.6 is 0 Å². The van der Waals surface area contributed by atoms with Gasteiger partial charge in [-0.1, -0.05) is 5.21 Å². The number of aromatic nitrogens is 5. The molecule has 86 valence electrons. The SMILES string of the molecule is Cn1ncc2c(=O)n(C(C)(C)CN)nnc21. The maximum Gasteiger partial charge on any atom is 0.281 e. The van der Waals surface area contributed by atoms with E-state index < -0.39 is 5.54 Å². The van der Waals surface area contributed by atoms with Gasteiger partial charge in [0.15, 0.2) is 5.65 Å². The molecule has 7 heteroatoms. The first-order chi connectivity index (χ1) is 7.47. The lowest BCUT2D eigenvalue weighted by atomic mass is 10.1. The molecule has 0 atom stereocenters. The molecule has 0 spiro atoms. The highest BCUT2D eigenvalue weighted by Crippen LogP contribution is 2.10. The van der Waals surface area contributed by atoms with Crippen molar-refractivity contribution in [3.05, 3.63) is 16.6 Å². The van der Waals surface area contributed by atoms with Crippen molar-refractivity contribution in [1.29, 1.82) is 0 Å². The first kappa shape index (κ1) is 10.7. The largest absolute Gasteiger partial charge is 0.328 e. The van der Waals surface area contributed by atoms with Gasteiger partial charge in [-0.3, -0.25) is 4.79 Å². The summed E-state index contributed by atoms with van der Waals surface area (Å²) < 4.78 is 2.82. The second-order valence-electron chi connectivity index (χ2n) is 4.33. The highest BCUT2D eigenvalue weighted by atomic mass is 16.1. The third kappa shape index (κ3) is 1.40. The van der Waals surface area contributed by atoms with Gasteiger partial charge in [-0.15, -0.1) is 5.10 Å². The van der Waals surface area contributed by atoms with Gasteiger partial charge >= 0.3 is 0 Å². The summed E-state index contributed by atoms with van der Waals surface area (Å²) in [5.41, 5.74) is 5.33. The van der Waals surface area contributed by atoms with E-state index >= 15 is 0 Å². The Bertz CT molecular complexity index is 581. The van der Waals surface area contributed by atoms with Crippen molar-refractivity contribution in [2.24, 2.45) is 12.8 Å². The van der Waals surface area contributed by atoms with Crippen LogP contribution in [0.1, 0.15) is 13.8 Å². The highest BCUT2D eigenvalue weighted by molar-refractivity contribution is 5.72. The summed E-state index contributed by atoms with van der Waals surface area (Å²) in [7, 11) is 1.72. The first-order valence-corrected chi connectivity index (χ1v) is 4.95. The average Bonchev–Trinajstić information content (AvgIpc) is 2.62. The Morgan fingerprint density at radius 1 is 1.50 bits per heavy atom. The van der Waals surface area contributed by atoms with Crippen LogP contribution in [0.4, 0.5) is 0 Å². The average molecular weight is 222 g/mol. The molecule has 2 heterocycles. The fourth-order valence-corrected chi connectivity index (χ4v) is 1.42. The molecular weight excluding hydrogens is 208 g/mol. The lowest BCUT2D eigenvalue weighted by Crippen LogP contribution is -2.44. The Morgan fingerprint density at radius 3 is 2.81 bits per heavy atom. The maximum absolute atomic E-state index is 12.1. The Labute approximate surface area is 91.9 Å². The number of hydrogen-bond donors (Lipinski definition) is 1. The van der Waals surface area contributed by atoms with Crippen LogP contribution in [0.3, 0.4) is 0 Å². The van der Waals surface area contributed by atoms with Crippen molar-refractivity contribution in [2.75, 3.05) is 6.54 Å². The molecule has 0 fully saturated rings. The van der Waals surface area contributed by atoms with Gasteiger partial charge in [0.1, 0.15) is 5.39 Å². The molecule has 0 amide bonds. The zero-order valence-electron chi connectivity index (χ0n) is 9.51. The molecule has 2 aromatic rings. The van der Waals surface area contributed by atoms with Gasteiger partial charge in [-0.2, -0.15) is 5.10 Å². The predicted octanol–water partition coefficient (Wildman–Crippen LogP) is -0.781. The molecule has 2 N–H and O–H groups in total. The molecule has 16 heavy (non-hydrogen) atoms. The minimum absolute atomic E-state index is 0.214. The normalized spacial score (nSPS) is 12.2. The van der Waals surface area contributed by atoms with E-state index in [4.69, 9.17) is 5.73 Å². The molecule has 2 rings (SSSR count). The van der Waals surface area contributed by atoms with E-state index in [1.54, 1.807) is 7.05 Å². The molecule has 0 unspecified atom stereocenters. The lowest BCUT2D eigenvalue weighted by molar-refractivity contribution is 0.305. The lowest BCUT2D eigenvalue weighted by Gasteiger charge is -2.22. The number of aryl methyl sites for hydroxylation is 1. The minimum atomic E-state index is -0.548. The third-order valence-electron chi connectivity index (χ3n) is 2.63. The Hall–Kier alpha value is -1.76. The number of fused-ring (bicyclic) bond motifs is 1. The molecule has 0 aliphatic rings. The van der Waals surface area contributed by atoms with Crippen LogP contribution in [0.2, 0.25) is 0 Å². The van der Waals surface area contributed by atoms with Crippen molar-refractivity contribution in [1.82, 2.24) is 24.8 Å². The fraction of sp³-hybridized carbons (Fsp3) is 0.556. The van der Waals surface area contributed by atoms with Gasteiger partial charge < -0.3 is 5.73 Å². The van der Waals surface area contributed by atoms with Crippen LogP contribution in [-0.2, 0) is 12.6 Å². The van der Waals surface area contributed by atoms with Crippen molar-refractivity contribution in [3.63, 3.8) is 0 Å². The fourth-order valence-electron chi connectivity index (χ4n) is 1.42. The quantitative estimate of drug-likeness (QED) is 0.719. The number of nitrogens with two attached hydrogens (primary N) is 1. The molecule has 0 bridgehead atoms. The van der Waals surface area contributed by atoms with Gasteiger partial charge in [-0.05, 0) is 13.8 Å². The van der Waals surface area contributed by atoms with Crippen LogP contribution < -0.4 is 11.3 Å². The summed E-state index contributed by atoms with van der Waals surface area (Å²) >= 11 is 0. The van der Waals surface area contributed by atoms with E-state index in [0.29, 0.717) is 17.6 Å². The van der Waals surface area contributed by atoms with E-state index in [-0.39, 0.29) is 5.56 Å². The molecule has 0 saturated heterocycles. The maximum atomic E-state index is 12.1. The second-order valence-corrected chi connectivity index (χ2v) is 4.33. The van der Waals surface area contributed by atoms with Crippen LogP contribution in [-0.4, -0.2) is 31.3 Å². The molecule has 0 aromatic carbocycles. The zero-order valence-corrected chi connectivity index (χ0v) is 9.51. The molecule has 7 nitrogen and oxygen atoms in total. The number of rotatable bonds is 2. The van der Waals surface area contributed by atoms with E-state index in [9.17, 15) is 4.79 Å². The van der Waals surface area contributed by atoms with Gasteiger partial charge in [0.25, 0.3) is 5.56 Å². The molecule has 0 saturated carbocycles. The topological polar surface area (TPSA) is 91.6 Å². The van der Waals surface area contributed by atoms with E-state index in [0.717, 1.165) is 0 Å². The number of nitrogens with zero attached hydrogens (tertiary/aromatic N) is 5. The standard InChI is InChI=1S/C9H14N6O/c1-9(2,5-10)15-8(16)6-4-11-14(3)7(6)12-13-15/h4H,5,10H2,1-3H3. The van der Waals surface area contributed by atoms with E-state index in [2.05, 4.69) is 15.4 Å². The molecule has 0 aliphatic carbocycles. The summed E-state index contributed by atoms with van der Waals surface area (Å²) in [6.07, 6.45) is 1.50. The van der Waals surface area contributed by atoms with Crippen LogP contribution in [0.5, 0.6) is 0 Å². The van der Waals surface area contributed by atoms with Crippen molar-refractivity contribution in [3.8, 4) is 0 Å². The summed E-state index contributed by atoms with van der Waals surface area (Å²) in [6, 6.07) is 0. The van der Waals surface area contributed by atoms with Crippen molar-refractivity contribution in [2.45, 2.75) is 19.4 Å². The monoisotopic (exact) mass is 222 g/mol.